The van der Waals surface area contributed by atoms with Gasteiger partial charge in [0.1, 0.15) is 90.1 Å². The number of ketones is 2. The average Bonchev–Trinajstić information content (AvgIpc) is 1.66. The molecule has 137 heavy (non-hydrogen) atoms. The predicted molar refractivity (Wildman–Crippen MR) is 548 cm³/mol. The molecule has 0 aliphatic carbocycles. The number of benzene rings is 2. The van der Waals surface area contributed by atoms with Crippen molar-refractivity contribution in [3.8, 4) is 22.3 Å². The maximum atomic E-state index is 14.4. The smallest absolute Gasteiger partial charge is 0.411 e. The van der Waals surface area contributed by atoms with Crippen molar-refractivity contribution in [3.63, 3.8) is 0 Å². The summed E-state index contributed by atoms with van der Waals surface area (Å²) in [7, 11) is 12.1. The Morgan fingerprint density at radius 2 is 0.869 bits per heavy atom. The van der Waals surface area contributed by atoms with Crippen LogP contribution in [-0.2, 0) is 145 Å². The Morgan fingerprint density at radius 1 is 0.533 bits per heavy atom. The fourth-order valence-corrected chi connectivity index (χ4v) is 16.1. The first kappa shape index (κ1) is 123. The van der Waals surface area contributed by atoms with Gasteiger partial charge in [-0.25, -0.2) is 51.9 Å². The zero-order valence-corrected chi connectivity index (χ0v) is 92.7. The molecule has 759 valence electrons. The summed E-state index contributed by atoms with van der Waals surface area (Å²) in [5.41, 5.74) is 9.06. The van der Waals surface area contributed by atoms with Gasteiger partial charge in [-0.2, -0.15) is 23.7 Å². The van der Waals surface area contributed by atoms with E-state index < -0.39 is 84.0 Å². The minimum absolute atomic E-state index is 0. The van der Waals surface area contributed by atoms with Crippen molar-refractivity contribution in [1.82, 2.24) is 95.1 Å². The molecule has 0 spiro atoms. The number of carbonyl (C=O) groups is 10. The summed E-state index contributed by atoms with van der Waals surface area (Å²) in [6, 6.07) is 7.79. The van der Waals surface area contributed by atoms with E-state index in [1.165, 1.54) is 70.3 Å². The first-order valence-electron chi connectivity index (χ1n) is 44.6. The number of aryl methyl sites for hydroxylation is 2. The molecule has 2 aromatic carbocycles. The molecule has 1 radical (unpaired) electrons. The average molecular weight is 2350 g/mol. The Bertz CT molecular complexity index is 5110. The number of carboxylic acid groups (broad SMARTS) is 2. The van der Waals surface area contributed by atoms with Crippen molar-refractivity contribution >= 4 is 209 Å². The molecule has 14 rings (SSSR count). The summed E-state index contributed by atoms with van der Waals surface area (Å²) in [4.78, 5) is 149. The monoisotopic (exact) mass is 2350 g/mol. The van der Waals surface area contributed by atoms with Crippen LogP contribution in [-0.4, -0.2) is 347 Å². The van der Waals surface area contributed by atoms with Crippen LogP contribution in [0.25, 0.3) is 44.1 Å². The van der Waals surface area contributed by atoms with Gasteiger partial charge in [-0.05, 0) is 204 Å². The number of alkyl halides is 4. The molecule has 0 bridgehead atoms. The summed E-state index contributed by atoms with van der Waals surface area (Å²) < 4.78 is 78.7. The molecular formula is C86H129BClF4N20O14S10U. The van der Waals surface area contributed by atoms with Crippen molar-refractivity contribution in [3.05, 3.63) is 84.2 Å². The molecule has 0 saturated carbocycles. The Labute approximate surface area is 878 Å². The molecule has 6 amide bonds. The fourth-order valence-electron chi connectivity index (χ4n) is 16.1. The standard InChI is InChI=1S/C27H32FN7O3.C16H28FN3O3.C16H14N4O3.C11H20FN3O.C10H16FNO4.C6H14N2.BH2.ClH.S4.S3.S2.H2S.U/c1-16(36)26-22-8-19(20-11-29-17(2)30-12-20)4-5-23(22)35(32-26)15-25(37)34-14-21(28)9-24(34)27(38)31-10-18-6-7-33(3)13-18;1-16(2,3)23-15(22)20-10-12(17)7-13(20)14(21)18-8-11-5-6-19(4)9-11;1-9(21)16-13-5-11(12-6-17-10(2)18-7-12)3-4-14(13)20(19-16)8-15(22)23;1-15-3-2-8(7-15)5-14-11(16)10-4-9(12)6-13-10;1-10(2,3)16-9(15)12-5-6(11)4-7(12)8(13)14;1-8-3-2-6(4-7)5-8;;;1-3-4-2;1-3-2;1-2;;/h4-5,8,11-12,18,21,24H,6-7,9-10,13-15H2,1-3H3,(H,31,38);11-13H,5-10H2,1-4H3,(H,18,21);3-7H,8H2,1-2H3,(H,22,23);8-10,13H,2-7H2,1H3,(H,14,16);6-7H,4-5H2,1-3H3,(H,13,14);6H,2-5,7H2,1H3;1H2;1H;;;;1H2;/t18-,21+,24-;11-,12+,13-;;8-,9+,10-;6-,7+;6-;;;;;;;/m00.010......./s1/i;;;;;;1T2;;;;;;. The van der Waals surface area contributed by atoms with Gasteiger partial charge in [-0.3, -0.25) is 52.7 Å². The molecule has 12 heterocycles. The van der Waals surface area contributed by atoms with Crippen LogP contribution < -0.4 is 27.0 Å². The molecule has 6 aromatic rings. The number of nitrogens with one attached hydrogen (secondary N) is 4. The van der Waals surface area contributed by atoms with Crippen LogP contribution in [0.3, 0.4) is 0 Å². The normalized spacial score (nSPS) is 22.1. The van der Waals surface area contributed by atoms with Gasteiger partial charge < -0.3 is 71.2 Å². The van der Waals surface area contributed by atoms with Crippen LogP contribution in [0.5, 0.6) is 0 Å². The van der Waals surface area contributed by atoms with Crippen molar-refractivity contribution < 1.29 is 116 Å². The summed E-state index contributed by atoms with van der Waals surface area (Å²) in [6.45, 7) is 27.2. The molecule has 51 heteroatoms. The maximum absolute atomic E-state index is 14.4. The van der Waals surface area contributed by atoms with Crippen molar-refractivity contribution in [1.29, 1.82) is 2.67 Å². The van der Waals surface area contributed by atoms with E-state index in [9.17, 15) is 65.5 Å². The molecular weight excluding hydrogens is 2220 g/mol. The predicted octanol–water partition coefficient (Wildman–Crippen LogP) is 6.17. The van der Waals surface area contributed by atoms with Gasteiger partial charge in [0.25, 0.3) is 0 Å². The third-order valence-electron chi connectivity index (χ3n) is 22.6. The molecule has 8 fully saturated rings. The number of amides is 6. The minimum Gasteiger partial charge on any atom is -0.480 e. The fraction of sp³-hybridized carbons (Fsp3) is 0.628. The minimum atomic E-state index is -1.30. The van der Waals surface area contributed by atoms with Crippen LogP contribution in [0.15, 0.2) is 61.2 Å². The molecule has 8 saturated heterocycles. The zero-order valence-electron chi connectivity index (χ0n) is 81.3. The van der Waals surface area contributed by atoms with Crippen LogP contribution in [0.1, 0.15) is 139 Å². The number of nitrogens with zero attached hydrogens (tertiary/aromatic N) is 15. The number of hydrogen-bond donors (Lipinski definition) is 7. The zero-order chi connectivity index (χ0) is 102. The summed E-state index contributed by atoms with van der Waals surface area (Å²) in [6.07, 6.45) is 5.45. The summed E-state index contributed by atoms with van der Waals surface area (Å²) in [5, 5.41) is 39.2. The molecule has 0 unspecified atom stereocenters. The largest absolute Gasteiger partial charge is 0.480 e. The van der Waals surface area contributed by atoms with Crippen LogP contribution in [0, 0.1) is 68.6 Å². The van der Waals surface area contributed by atoms with Gasteiger partial charge in [0.05, 0.1) is 45.0 Å². The number of nitrogens with two attached hydrogens (primary N) is 1. The molecule has 8 aliphatic heterocycles. The number of ether oxygens (including phenoxy) is 2. The molecule has 12 atom stereocenters. The summed E-state index contributed by atoms with van der Waals surface area (Å²) >= 11 is 24.2. The number of hydrogen-bond acceptors (Lipinski definition) is 30. The number of aromatic nitrogens is 8. The molecule has 8 aliphatic rings. The number of likely N-dealkylation sites (tertiary alicyclic amines) is 7. The van der Waals surface area contributed by atoms with E-state index >= 15 is 0 Å². The van der Waals surface area contributed by atoms with Crippen molar-refractivity contribution in [2.24, 2.45) is 29.4 Å². The van der Waals surface area contributed by atoms with E-state index in [4.69, 9.17) is 28.1 Å². The number of rotatable bonds is 19. The Balaban J connectivity index is 0.000000572. The number of carbonyl (C=O) groups excluding carboxylic acids is 8. The Kier molecular flexibility index (Phi) is 55.7. The van der Waals surface area contributed by atoms with Gasteiger partial charge in [0.15, 0.2) is 11.6 Å². The number of Topliss-reactive ketones (excluding diaryl/α,β-unsaturated/α-hetero) is 2. The summed E-state index contributed by atoms with van der Waals surface area (Å²) in [5.74, 6) is -0.309. The third-order valence-corrected chi connectivity index (χ3v) is 24.8. The third kappa shape index (κ3) is 41.7. The van der Waals surface area contributed by atoms with Gasteiger partial charge in [-0.1, -0.05) is 12.1 Å². The van der Waals surface area contributed by atoms with Crippen LogP contribution in [0.4, 0.5) is 27.2 Å². The van der Waals surface area contributed by atoms with Gasteiger partial charge in [0.2, 0.25) is 23.6 Å². The number of halogens is 5. The van der Waals surface area contributed by atoms with E-state index in [2.05, 4.69) is 159 Å². The van der Waals surface area contributed by atoms with Gasteiger partial charge in [0, 0.05) is 263 Å². The molecule has 34 nitrogen and oxygen atoms in total. The Hall–Kier alpha value is -6.54. The van der Waals surface area contributed by atoms with Gasteiger partial charge >= 0.3 is 24.1 Å². The topological polar surface area (TPSA) is 414 Å². The second-order valence-corrected chi connectivity index (χ2v) is 41.2. The van der Waals surface area contributed by atoms with Crippen LogP contribution in [0.2, 0.25) is 0 Å². The van der Waals surface area contributed by atoms with Gasteiger partial charge in [-0.15, -0.1) is 12.4 Å². The first-order chi connectivity index (χ1) is 64.2. The first-order valence-corrected chi connectivity index (χ1v) is 51.4. The molecule has 4 aromatic heterocycles. The van der Waals surface area contributed by atoms with E-state index in [0.717, 1.165) is 114 Å². The SMILES string of the molecule is CC(=O)c1nn(CC(=O)N2C[C@H](F)C[C@H]2C(=O)NC[C@@H]2CCN(C)C2)c2ccc(-c3cnc(C)nc3)cc12.CC(=O)c1nn(CC(=O)O)c2ccc(-c3cnc(C)nc3)cc12.CC(C)(C)OC(=O)N1C[C@H](F)C[C@H]1C(=O)O.CN1CC[C@@H](CN)C1.CN1CC[C@@H](CNC(=O)[C@@H]2C[C@@H](F)CN2)C1.CN1CC[C@@H](CNC(=O)[C@@H]2C[C@@H](F)CN2C(=O)OC(C)(C)C)C1.Cl.S.S=S.S=S=S.S=S=S=S.[3H][B][3H].[U]. The number of carboxylic acids is 2. The molecule has 8 N–H and O–H groups in total. The van der Waals surface area contributed by atoms with E-state index in [0.29, 0.717) is 85.6 Å². The number of aliphatic carboxylic acids is 2. The maximum Gasteiger partial charge on any atom is 0.411 e. The quantitative estimate of drug-likeness (QED) is 0.0271. The van der Waals surface area contributed by atoms with Crippen molar-refractivity contribution in [2.45, 2.75) is 194 Å². The van der Waals surface area contributed by atoms with E-state index in [1.807, 2.05) is 31.3 Å². The van der Waals surface area contributed by atoms with Crippen molar-refractivity contribution in [2.75, 3.05) is 133 Å². The van der Waals surface area contributed by atoms with E-state index in [1.54, 1.807) is 92.3 Å². The second kappa shape index (κ2) is 62.1. The van der Waals surface area contributed by atoms with Crippen LogP contribution >= 0.6 is 25.9 Å². The second-order valence-electron chi connectivity index (χ2n) is 35.9. The van der Waals surface area contributed by atoms with E-state index in [-0.39, 0.29) is 156 Å². The Morgan fingerprint density at radius 3 is 1.18 bits per heavy atom. The number of fused-ring (bicyclic) bond motifs is 2.